The standard InChI is InChI=1S/C11H20ClNO2/c1-3-10(12)11(14)13(4-2)9-5-7-15-8-6-9/h9-10H,3-8H2,1-2H3/t10-/m1/s1. The van der Waals surface area contributed by atoms with E-state index in [4.69, 9.17) is 16.3 Å². The summed E-state index contributed by atoms with van der Waals surface area (Å²) in [5.41, 5.74) is 0. The molecular weight excluding hydrogens is 214 g/mol. The third-order valence-electron chi connectivity index (χ3n) is 2.88. The lowest BCUT2D eigenvalue weighted by Crippen LogP contribution is -2.46. The van der Waals surface area contributed by atoms with Crippen molar-refractivity contribution in [3.05, 3.63) is 0 Å². The zero-order chi connectivity index (χ0) is 11.3. The van der Waals surface area contributed by atoms with Crippen LogP contribution in [0, 0.1) is 0 Å². The lowest BCUT2D eigenvalue weighted by atomic mass is 10.1. The highest BCUT2D eigenvalue weighted by Gasteiger charge is 2.27. The maximum Gasteiger partial charge on any atom is 0.240 e. The first kappa shape index (κ1) is 12.8. The second-order valence-corrected chi connectivity index (χ2v) is 4.37. The molecule has 0 saturated carbocycles. The predicted octanol–water partition coefficient (Wildman–Crippen LogP) is 2.03. The molecule has 1 rings (SSSR count). The van der Waals surface area contributed by atoms with Crippen molar-refractivity contribution in [3.8, 4) is 0 Å². The van der Waals surface area contributed by atoms with Crippen molar-refractivity contribution in [1.82, 2.24) is 4.90 Å². The third-order valence-corrected chi connectivity index (χ3v) is 3.38. The SMILES string of the molecule is CC[C@@H](Cl)C(=O)N(CC)C1CCOCC1. The Bertz CT molecular complexity index is 205. The molecule has 1 aliphatic rings. The minimum atomic E-state index is -0.368. The van der Waals surface area contributed by atoms with Crippen molar-refractivity contribution in [2.24, 2.45) is 0 Å². The summed E-state index contributed by atoms with van der Waals surface area (Å²) in [6.45, 7) is 6.20. The van der Waals surface area contributed by atoms with Crippen LogP contribution in [0.4, 0.5) is 0 Å². The number of hydrogen-bond donors (Lipinski definition) is 0. The van der Waals surface area contributed by atoms with E-state index < -0.39 is 0 Å². The van der Waals surface area contributed by atoms with Gasteiger partial charge in [-0.05, 0) is 26.2 Å². The molecule has 1 amide bonds. The van der Waals surface area contributed by atoms with Gasteiger partial charge in [-0.1, -0.05) is 6.92 Å². The van der Waals surface area contributed by atoms with Gasteiger partial charge in [0, 0.05) is 25.8 Å². The second kappa shape index (κ2) is 6.33. The molecule has 0 N–H and O–H groups in total. The summed E-state index contributed by atoms with van der Waals surface area (Å²) in [5, 5.41) is -0.368. The van der Waals surface area contributed by atoms with Crippen molar-refractivity contribution in [3.63, 3.8) is 0 Å². The normalized spacial score (nSPS) is 19.9. The predicted molar refractivity (Wildman–Crippen MR) is 61.2 cm³/mol. The quantitative estimate of drug-likeness (QED) is 0.696. The number of ether oxygens (including phenoxy) is 1. The van der Waals surface area contributed by atoms with Crippen molar-refractivity contribution >= 4 is 17.5 Å². The Kier molecular flexibility index (Phi) is 5.40. The van der Waals surface area contributed by atoms with Crippen LogP contribution in [0.2, 0.25) is 0 Å². The molecule has 0 aliphatic carbocycles. The van der Waals surface area contributed by atoms with Crippen LogP contribution in [-0.2, 0) is 9.53 Å². The number of amides is 1. The Hall–Kier alpha value is -0.280. The highest BCUT2D eigenvalue weighted by molar-refractivity contribution is 6.30. The highest BCUT2D eigenvalue weighted by atomic mass is 35.5. The number of hydrogen-bond acceptors (Lipinski definition) is 2. The van der Waals surface area contributed by atoms with Gasteiger partial charge < -0.3 is 9.64 Å². The summed E-state index contributed by atoms with van der Waals surface area (Å²) < 4.78 is 5.29. The summed E-state index contributed by atoms with van der Waals surface area (Å²) in [5.74, 6) is 0.0774. The van der Waals surface area contributed by atoms with Gasteiger partial charge in [0.1, 0.15) is 5.38 Å². The van der Waals surface area contributed by atoms with Crippen LogP contribution in [0.25, 0.3) is 0 Å². The molecule has 0 radical (unpaired) electrons. The molecule has 4 heteroatoms. The molecular formula is C11H20ClNO2. The number of carbonyl (C=O) groups is 1. The molecule has 1 fully saturated rings. The first-order valence-corrected chi connectivity index (χ1v) is 6.16. The van der Waals surface area contributed by atoms with E-state index >= 15 is 0 Å². The van der Waals surface area contributed by atoms with E-state index in [9.17, 15) is 4.79 Å². The molecule has 15 heavy (non-hydrogen) atoms. The molecule has 0 aromatic carbocycles. The van der Waals surface area contributed by atoms with E-state index in [1.54, 1.807) is 0 Å². The number of nitrogens with zero attached hydrogens (tertiary/aromatic N) is 1. The first-order valence-electron chi connectivity index (χ1n) is 5.73. The van der Waals surface area contributed by atoms with Gasteiger partial charge in [-0.25, -0.2) is 0 Å². The lowest BCUT2D eigenvalue weighted by molar-refractivity contribution is -0.134. The summed E-state index contributed by atoms with van der Waals surface area (Å²) >= 11 is 5.99. The second-order valence-electron chi connectivity index (χ2n) is 3.84. The summed E-state index contributed by atoms with van der Waals surface area (Å²) in [6, 6.07) is 0.323. The van der Waals surface area contributed by atoms with Gasteiger partial charge in [0.25, 0.3) is 0 Å². The highest BCUT2D eigenvalue weighted by Crippen LogP contribution is 2.17. The lowest BCUT2D eigenvalue weighted by Gasteiger charge is -2.34. The van der Waals surface area contributed by atoms with Gasteiger partial charge in [0.2, 0.25) is 5.91 Å². The Labute approximate surface area is 96.7 Å². The van der Waals surface area contributed by atoms with Crippen molar-refractivity contribution < 1.29 is 9.53 Å². The summed E-state index contributed by atoms with van der Waals surface area (Å²) in [4.78, 5) is 13.9. The summed E-state index contributed by atoms with van der Waals surface area (Å²) in [7, 11) is 0. The molecule has 1 saturated heterocycles. The van der Waals surface area contributed by atoms with Crippen LogP contribution in [-0.4, -0.2) is 42.0 Å². The Balaban J connectivity index is 2.56. The van der Waals surface area contributed by atoms with Gasteiger partial charge in [-0.3, -0.25) is 4.79 Å². The van der Waals surface area contributed by atoms with E-state index in [2.05, 4.69) is 0 Å². The molecule has 1 atom stereocenters. The fraction of sp³-hybridized carbons (Fsp3) is 0.909. The molecule has 0 spiro atoms. The monoisotopic (exact) mass is 233 g/mol. The van der Waals surface area contributed by atoms with E-state index in [0.29, 0.717) is 12.5 Å². The van der Waals surface area contributed by atoms with Crippen molar-refractivity contribution in [2.45, 2.75) is 44.5 Å². The third kappa shape index (κ3) is 3.35. The molecule has 0 aromatic rings. The minimum absolute atomic E-state index is 0.0774. The zero-order valence-corrected chi connectivity index (χ0v) is 10.3. The molecule has 88 valence electrons. The van der Waals surface area contributed by atoms with E-state index in [0.717, 1.165) is 32.6 Å². The van der Waals surface area contributed by atoms with Crippen LogP contribution in [0.1, 0.15) is 33.1 Å². The Morgan fingerprint density at radius 2 is 2.07 bits per heavy atom. The van der Waals surface area contributed by atoms with Gasteiger partial charge in [-0.15, -0.1) is 11.6 Å². The van der Waals surface area contributed by atoms with Crippen molar-refractivity contribution in [2.75, 3.05) is 19.8 Å². The average Bonchev–Trinajstić information content (AvgIpc) is 2.30. The molecule has 1 aliphatic heterocycles. The van der Waals surface area contributed by atoms with Gasteiger partial charge in [0.15, 0.2) is 0 Å². The number of rotatable bonds is 4. The minimum Gasteiger partial charge on any atom is -0.381 e. The van der Waals surface area contributed by atoms with Gasteiger partial charge in [-0.2, -0.15) is 0 Å². The first-order chi connectivity index (χ1) is 7.20. The number of halogens is 1. The number of carbonyl (C=O) groups excluding carboxylic acids is 1. The van der Waals surface area contributed by atoms with Gasteiger partial charge >= 0.3 is 0 Å². The van der Waals surface area contributed by atoms with Crippen molar-refractivity contribution in [1.29, 1.82) is 0 Å². The van der Waals surface area contributed by atoms with Crippen LogP contribution in [0.5, 0.6) is 0 Å². The maximum absolute atomic E-state index is 12.0. The Morgan fingerprint density at radius 1 is 1.47 bits per heavy atom. The van der Waals surface area contributed by atoms with E-state index in [-0.39, 0.29) is 11.3 Å². The summed E-state index contributed by atoms with van der Waals surface area (Å²) in [6.07, 6.45) is 2.57. The van der Waals surface area contributed by atoms with Crippen LogP contribution >= 0.6 is 11.6 Å². The van der Waals surface area contributed by atoms with E-state index in [1.807, 2.05) is 18.7 Å². The molecule has 0 unspecified atom stereocenters. The fourth-order valence-corrected chi connectivity index (χ4v) is 2.07. The Morgan fingerprint density at radius 3 is 2.53 bits per heavy atom. The van der Waals surface area contributed by atoms with E-state index in [1.165, 1.54) is 0 Å². The van der Waals surface area contributed by atoms with Crippen LogP contribution < -0.4 is 0 Å². The van der Waals surface area contributed by atoms with Crippen LogP contribution in [0.3, 0.4) is 0 Å². The topological polar surface area (TPSA) is 29.5 Å². The smallest absolute Gasteiger partial charge is 0.240 e. The van der Waals surface area contributed by atoms with Crippen LogP contribution in [0.15, 0.2) is 0 Å². The molecule has 0 aromatic heterocycles. The zero-order valence-electron chi connectivity index (χ0n) is 9.54. The largest absolute Gasteiger partial charge is 0.381 e. The molecule has 1 heterocycles. The number of alkyl halides is 1. The average molecular weight is 234 g/mol. The van der Waals surface area contributed by atoms with Gasteiger partial charge in [0.05, 0.1) is 0 Å². The maximum atomic E-state index is 12.0. The fourth-order valence-electron chi connectivity index (χ4n) is 1.95. The molecule has 3 nitrogen and oxygen atoms in total. The molecule has 0 bridgehead atoms.